The van der Waals surface area contributed by atoms with Gasteiger partial charge in [-0.15, -0.1) is 0 Å². The van der Waals surface area contributed by atoms with E-state index in [9.17, 15) is 14.3 Å². The molecule has 98 valence electrons. The third-order valence-corrected chi connectivity index (χ3v) is 3.00. The van der Waals surface area contributed by atoms with Crippen molar-refractivity contribution in [3.8, 4) is 16.9 Å². The van der Waals surface area contributed by atoms with Crippen molar-refractivity contribution >= 4 is 17.6 Å². The number of carboxylic acids is 1. The summed E-state index contributed by atoms with van der Waals surface area (Å²) < 4.78 is 19.0. The number of halogens is 2. The zero-order valence-electron chi connectivity index (χ0n) is 9.94. The number of hydrogen-bond acceptors (Lipinski definition) is 3. The maximum atomic E-state index is 13.9. The fourth-order valence-electron chi connectivity index (χ4n) is 1.70. The molecular formula is C14H9ClFO3-. The van der Waals surface area contributed by atoms with Gasteiger partial charge in [0.05, 0.1) is 13.1 Å². The number of methoxy groups -OCH3 is 1. The van der Waals surface area contributed by atoms with Crippen molar-refractivity contribution in [2.75, 3.05) is 7.11 Å². The number of carbonyl (C=O) groups excluding carboxylic acids is 1. The molecule has 0 saturated carbocycles. The number of carboxylic acid groups (broad SMARTS) is 1. The molecule has 0 aliphatic carbocycles. The molecule has 0 aromatic heterocycles. The smallest absolute Gasteiger partial charge is 0.131 e. The molecule has 0 aliphatic rings. The lowest BCUT2D eigenvalue weighted by atomic mass is 10.0. The highest BCUT2D eigenvalue weighted by atomic mass is 35.5. The second-order valence-corrected chi connectivity index (χ2v) is 4.24. The van der Waals surface area contributed by atoms with Crippen LogP contribution in [0, 0.1) is 5.82 Å². The van der Waals surface area contributed by atoms with Gasteiger partial charge in [0, 0.05) is 21.7 Å². The van der Waals surface area contributed by atoms with Crippen LogP contribution >= 0.6 is 11.6 Å². The molecule has 5 heteroatoms. The summed E-state index contributed by atoms with van der Waals surface area (Å²) in [6.45, 7) is 0. The molecule has 0 atom stereocenters. The summed E-state index contributed by atoms with van der Waals surface area (Å²) in [5, 5.41) is 11.0. The first-order chi connectivity index (χ1) is 9.02. The third kappa shape index (κ3) is 2.69. The molecular weight excluding hydrogens is 271 g/mol. The van der Waals surface area contributed by atoms with Crippen molar-refractivity contribution in [3.05, 3.63) is 52.8 Å². The Balaban J connectivity index is 2.56. The standard InChI is InChI=1S/C14H10ClFO3/c1-19-9-3-5-12(15)11(7-9)10-4-2-8(14(17)18)6-13(10)16/h2-7H,1H3,(H,17,18)/p-1. The van der Waals surface area contributed by atoms with Crippen LogP contribution in [0.3, 0.4) is 0 Å². The van der Waals surface area contributed by atoms with E-state index >= 15 is 0 Å². The molecule has 0 N–H and O–H groups in total. The van der Waals surface area contributed by atoms with E-state index in [1.165, 1.54) is 19.2 Å². The molecule has 3 nitrogen and oxygen atoms in total. The maximum absolute atomic E-state index is 13.9. The number of hydrogen-bond donors (Lipinski definition) is 0. The highest BCUT2D eigenvalue weighted by Crippen LogP contribution is 2.33. The molecule has 0 aliphatic heterocycles. The average Bonchev–Trinajstić information content (AvgIpc) is 2.39. The van der Waals surface area contributed by atoms with Crippen molar-refractivity contribution in [2.45, 2.75) is 0 Å². The number of aromatic carboxylic acids is 1. The van der Waals surface area contributed by atoms with Gasteiger partial charge in [0.15, 0.2) is 0 Å². The lowest BCUT2D eigenvalue weighted by Crippen LogP contribution is -2.22. The summed E-state index contributed by atoms with van der Waals surface area (Å²) in [6, 6.07) is 8.34. The van der Waals surface area contributed by atoms with Gasteiger partial charge in [0.25, 0.3) is 0 Å². The Hall–Kier alpha value is -2.07. The SMILES string of the molecule is COc1ccc(Cl)c(-c2ccc(C(=O)[O-])cc2F)c1. The van der Waals surface area contributed by atoms with Gasteiger partial charge in [-0.2, -0.15) is 0 Å². The summed E-state index contributed by atoms with van der Waals surface area (Å²) >= 11 is 6.01. The van der Waals surface area contributed by atoms with Crippen molar-refractivity contribution in [3.63, 3.8) is 0 Å². The van der Waals surface area contributed by atoms with E-state index in [1.807, 2.05) is 0 Å². The predicted octanol–water partition coefficient (Wildman–Crippen LogP) is 2.52. The van der Waals surface area contributed by atoms with E-state index in [0.29, 0.717) is 16.3 Å². The van der Waals surface area contributed by atoms with Crippen molar-refractivity contribution < 1.29 is 19.0 Å². The van der Waals surface area contributed by atoms with Crippen LogP contribution in [0.15, 0.2) is 36.4 Å². The van der Waals surface area contributed by atoms with Crippen LogP contribution in [-0.4, -0.2) is 13.1 Å². The first kappa shape index (κ1) is 13.4. The number of ether oxygens (including phenoxy) is 1. The molecule has 0 amide bonds. The topological polar surface area (TPSA) is 49.4 Å². The Morgan fingerprint density at radius 3 is 2.53 bits per heavy atom. The first-order valence-electron chi connectivity index (χ1n) is 5.37. The Kier molecular flexibility index (Phi) is 3.71. The minimum atomic E-state index is -1.43. The predicted molar refractivity (Wildman–Crippen MR) is 67.7 cm³/mol. The summed E-state index contributed by atoms with van der Waals surface area (Å²) in [6.07, 6.45) is 0. The molecule has 0 spiro atoms. The lowest BCUT2D eigenvalue weighted by molar-refractivity contribution is -0.255. The van der Waals surface area contributed by atoms with E-state index in [1.54, 1.807) is 18.2 Å². The van der Waals surface area contributed by atoms with Crippen LogP contribution in [0.5, 0.6) is 5.75 Å². The molecule has 2 rings (SSSR count). The van der Waals surface area contributed by atoms with Crippen LogP contribution in [0.2, 0.25) is 5.02 Å². The normalized spacial score (nSPS) is 10.3. The number of benzene rings is 2. The highest BCUT2D eigenvalue weighted by Gasteiger charge is 2.11. The van der Waals surface area contributed by atoms with Crippen LogP contribution in [0.4, 0.5) is 4.39 Å². The highest BCUT2D eigenvalue weighted by molar-refractivity contribution is 6.33. The van der Waals surface area contributed by atoms with Gasteiger partial charge in [-0.05, 0) is 24.3 Å². The lowest BCUT2D eigenvalue weighted by Gasteiger charge is -2.10. The Morgan fingerprint density at radius 2 is 1.95 bits per heavy atom. The van der Waals surface area contributed by atoms with Gasteiger partial charge in [-0.1, -0.05) is 23.7 Å². The van der Waals surface area contributed by atoms with Gasteiger partial charge in [0.1, 0.15) is 11.6 Å². The van der Waals surface area contributed by atoms with Gasteiger partial charge in [0.2, 0.25) is 0 Å². The third-order valence-electron chi connectivity index (χ3n) is 2.67. The largest absolute Gasteiger partial charge is 0.545 e. The Morgan fingerprint density at radius 1 is 1.21 bits per heavy atom. The van der Waals surface area contributed by atoms with Crippen LogP contribution < -0.4 is 9.84 Å². The second kappa shape index (κ2) is 5.28. The Labute approximate surface area is 114 Å². The summed E-state index contributed by atoms with van der Waals surface area (Å²) in [5.74, 6) is -1.58. The van der Waals surface area contributed by atoms with E-state index in [0.717, 1.165) is 6.07 Å². The minimum Gasteiger partial charge on any atom is -0.545 e. The molecule has 2 aromatic carbocycles. The van der Waals surface area contributed by atoms with Crippen LogP contribution in [-0.2, 0) is 0 Å². The van der Waals surface area contributed by atoms with Crippen molar-refractivity contribution in [2.24, 2.45) is 0 Å². The van der Waals surface area contributed by atoms with Crippen molar-refractivity contribution in [1.82, 2.24) is 0 Å². The van der Waals surface area contributed by atoms with E-state index in [4.69, 9.17) is 16.3 Å². The summed E-state index contributed by atoms with van der Waals surface area (Å²) in [7, 11) is 1.49. The van der Waals surface area contributed by atoms with Crippen LogP contribution in [0.1, 0.15) is 10.4 Å². The van der Waals surface area contributed by atoms with Crippen molar-refractivity contribution in [1.29, 1.82) is 0 Å². The number of rotatable bonds is 3. The molecule has 2 aromatic rings. The molecule has 19 heavy (non-hydrogen) atoms. The zero-order valence-corrected chi connectivity index (χ0v) is 10.7. The molecule has 0 radical (unpaired) electrons. The fourth-order valence-corrected chi connectivity index (χ4v) is 1.92. The van der Waals surface area contributed by atoms with E-state index in [-0.39, 0.29) is 11.1 Å². The Bertz CT molecular complexity index is 641. The number of carbonyl (C=O) groups is 1. The zero-order chi connectivity index (χ0) is 14.0. The fraction of sp³-hybridized carbons (Fsp3) is 0.0714. The minimum absolute atomic E-state index is 0.203. The van der Waals surface area contributed by atoms with Gasteiger partial charge in [-0.3, -0.25) is 0 Å². The summed E-state index contributed by atoms with van der Waals surface area (Å²) in [4.78, 5) is 10.6. The van der Waals surface area contributed by atoms with Crippen LogP contribution in [0.25, 0.3) is 11.1 Å². The van der Waals surface area contributed by atoms with Gasteiger partial charge in [-0.25, -0.2) is 4.39 Å². The van der Waals surface area contributed by atoms with Gasteiger partial charge >= 0.3 is 0 Å². The monoisotopic (exact) mass is 279 g/mol. The van der Waals surface area contributed by atoms with E-state index in [2.05, 4.69) is 0 Å². The molecule has 0 bridgehead atoms. The van der Waals surface area contributed by atoms with E-state index < -0.39 is 11.8 Å². The molecule has 0 heterocycles. The quantitative estimate of drug-likeness (QED) is 0.867. The molecule has 0 saturated heterocycles. The molecule has 0 fully saturated rings. The average molecular weight is 280 g/mol. The second-order valence-electron chi connectivity index (χ2n) is 3.83. The molecule has 0 unspecified atom stereocenters. The maximum Gasteiger partial charge on any atom is 0.131 e. The first-order valence-corrected chi connectivity index (χ1v) is 5.75. The van der Waals surface area contributed by atoms with Gasteiger partial charge < -0.3 is 14.6 Å². The summed E-state index contributed by atoms with van der Waals surface area (Å²) in [5.41, 5.74) is 0.414.